The average Bonchev–Trinajstić information content (AvgIpc) is 2.52. The van der Waals surface area contributed by atoms with Crippen molar-refractivity contribution in [3.8, 4) is 0 Å². The van der Waals surface area contributed by atoms with Crippen molar-refractivity contribution < 1.29 is 22.9 Å². The van der Waals surface area contributed by atoms with Crippen LogP contribution in [0.25, 0.3) is 6.08 Å². The van der Waals surface area contributed by atoms with Gasteiger partial charge in [-0.3, -0.25) is 14.9 Å². The Morgan fingerprint density at radius 3 is 2.30 bits per heavy atom. The molecule has 0 amide bonds. The maximum atomic E-state index is 12.4. The van der Waals surface area contributed by atoms with Gasteiger partial charge in [-0.1, -0.05) is 30.3 Å². The number of ketones is 1. The minimum atomic E-state index is -4.46. The zero-order valence-corrected chi connectivity index (χ0v) is 11.6. The molecule has 0 atom stereocenters. The number of benzene rings is 2. The highest BCUT2D eigenvalue weighted by Crippen LogP contribution is 2.29. The molecule has 0 aliphatic rings. The zero-order chi connectivity index (χ0) is 17.0. The van der Waals surface area contributed by atoms with Crippen LogP contribution in [0.5, 0.6) is 0 Å². The van der Waals surface area contributed by atoms with Crippen LogP contribution in [0.3, 0.4) is 0 Å². The molecule has 0 aliphatic heterocycles. The Hall–Kier alpha value is -2.96. The van der Waals surface area contributed by atoms with Gasteiger partial charge in [-0.05, 0) is 23.8 Å². The van der Waals surface area contributed by atoms with E-state index in [1.54, 1.807) is 6.07 Å². The average molecular weight is 321 g/mol. The van der Waals surface area contributed by atoms with E-state index >= 15 is 0 Å². The molecule has 0 unspecified atom stereocenters. The van der Waals surface area contributed by atoms with Gasteiger partial charge in [0, 0.05) is 17.7 Å². The zero-order valence-electron chi connectivity index (χ0n) is 11.6. The molecule has 0 aliphatic carbocycles. The smallest absolute Gasteiger partial charge is 0.289 e. The first-order chi connectivity index (χ1) is 10.8. The Kier molecular flexibility index (Phi) is 4.59. The molecule has 0 fully saturated rings. The number of non-ortho nitro benzene ring substituents is 1. The fourth-order valence-corrected chi connectivity index (χ4v) is 1.83. The Bertz CT molecular complexity index is 765. The van der Waals surface area contributed by atoms with Crippen LogP contribution in [0.15, 0.2) is 54.6 Å². The number of nitro groups is 1. The molecule has 0 heterocycles. The third kappa shape index (κ3) is 4.26. The molecule has 7 heteroatoms. The van der Waals surface area contributed by atoms with Crippen LogP contribution in [-0.4, -0.2) is 10.7 Å². The first-order valence-electron chi connectivity index (χ1n) is 6.41. The van der Waals surface area contributed by atoms with E-state index in [-0.39, 0.29) is 11.3 Å². The van der Waals surface area contributed by atoms with Crippen molar-refractivity contribution >= 4 is 17.5 Å². The van der Waals surface area contributed by atoms with Gasteiger partial charge in [0.1, 0.15) is 0 Å². The number of nitrogens with zero attached hydrogens (tertiary/aromatic N) is 1. The summed E-state index contributed by atoms with van der Waals surface area (Å²) in [6.07, 6.45) is -1.94. The number of alkyl halides is 3. The van der Waals surface area contributed by atoms with Crippen molar-refractivity contribution in [2.45, 2.75) is 6.18 Å². The van der Waals surface area contributed by atoms with Crippen LogP contribution in [0.1, 0.15) is 21.5 Å². The largest absolute Gasteiger partial charge is 0.416 e. The Morgan fingerprint density at radius 2 is 1.74 bits per heavy atom. The van der Waals surface area contributed by atoms with Crippen LogP contribution < -0.4 is 0 Å². The maximum absolute atomic E-state index is 12.4. The summed E-state index contributed by atoms with van der Waals surface area (Å²) in [5.74, 6) is -0.495. The lowest BCUT2D eigenvalue weighted by Gasteiger charge is -2.06. The summed E-state index contributed by atoms with van der Waals surface area (Å²) in [5, 5.41) is 10.6. The lowest BCUT2D eigenvalue weighted by molar-refractivity contribution is -0.384. The Balaban J connectivity index is 2.15. The van der Waals surface area contributed by atoms with Crippen LogP contribution >= 0.6 is 0 Å². The van der Waals surface area contributed by atoms with Gasteiger partial charge in [-0.15, -0.1) is 0 Å². The van der Waals surface area contributed by atoms with Gasteiger partial charge in [0.05, 0.1) is 10.5 Å². The monoisotopic (exact) mass is 321 g/mol. The van der Waals surface area contributed by atoms with Crippen LogP contribution in [0.2, 0.25) is 0 Å². The molecule has 4 nitrogen and oxygen atoms in total. The molecule has 23 heavy (non-hydrogen) atoms. The summed E-state index contributed by atoms with van der Waals surface area (Å²) in [4.78, 5) is 22.0. The predicted octanol–water partition coefficient (Wildman–Crippen LogP) is 4.51. The van der Waals surface area contributed by atoms with Crippen molar-refractivity contribution in [2.75, 3.05) is 0 Å². The minimum absolute atomic E-state index is 0.0969. The first-order valence-corrected chi connectivity index (χ1v) is 6.41. The molecule has 0 aromatic heterocycles. The summed E-state index contributed by atoms with van der Waals surface area (Å²) in [5.41, 5.74) is -0.412. The number of halogens is 3. The summed E-state index contributed by atoms with van der Waals surface area (Å²) in [7, 11) is 0. The van der Waals surface area contributed by atoms with Crippen LogP contribution in [0, 0.1) is 10.1 Å². The van der Waals surface area contributed by atoms with Gasteiger partial charge in [-0.2, -0.15) is 13.2 Å². The number of allylic oxidation sites excluding steroid dienone is 1. The second-order valence-corrected chi connectivity index (χ2v) is 4.62. The quantitative estimate of drug-likeness (QED) is 0.360. The van der Waals surface area contributed by atoms with Crippen molar-refractivity contribution in [1.82, 2.24) is 0 Å². The highest BCUT2D eigenvalue weighted by Gasteiger charge is 2.30. The number of carbonyl (C=O) groups excluding carboxylic acids is 1. The van der Waals surface area contributed by atoms with E-state index in [4.69, 9.17) is 0 Å². The third-order valence-electron chi connectivity index (χ3n) is 3.00. The highest BCUT2D eigenvalue weighted by atomic mass is 19.4. The van der Waals surface area contributed by atoms with E-state index in [1.165, 1.54) is 24.3 Å². The van der Waals surface area contributed by atoms with E-state index in [2.05, 4.69) is 0 Å². The minimum Gasteiger partial charge on any atom is -0.289 e. The molecule has 118 valence electrons. The number of hydrogen-bond acceptors (Lipinski definition) is 3. The molecular formula is C16H10F3NO3. The highest BCUT2D eigenvalue weighted by molar-refractivity contribution is 6.06. The molecule has 0 N–H and O–H groups in total. The summed E-state index contributed by atoms with van der Waals surface area (Å²) in [6.45, 7) is 0. The fraction of sp³-hybridized carbons (Fsp3) is 0.0625. The first kappa shape index (κ1) is 16.4. The second-order valence-electron chi connectivity index (χ2n) is 4.62. The van der Waals surface area contributed by atoms with Gasteiger partial charge < -0.3 is 0 Å². The van der Waals surface area contributed by atoms with Crippen molar-refractivity contribution in [1.29, 1.82) is 0 Å². The summed E-state index contributed by atoms with van der Waals surface area (Å²) >= 11 is 0. The molecular weight excluding hydrogens is 311 g/mol. The van der Waals surface area contributed by atoms with Gasteiger partial charge in [0.15, 0.2) is 5.78 Å². The topological polar surface area (TPSA) is 60.2 Å². The molecule has 0 bridgehead atoms. The third-order valence-corrected chi connectivity index (χ3v) is 3.00. The summed E-state index contributed by atoms with van der Waals surface area (Å²) in [6, 6.07) is 9.48. The normalized spacial score (nSPS) is 11.6. The van der Waals surface area contributed by atoms with Crippen molar-refractivity contribution in [2.24, 2.45) is 0 Å². The number of nitro benzene ring substituents is 1. The standard InChI is InChI=1S/C16H10F3NO3/c17-16(18,19)13-7-5-12(6-8-13)15(21)9-4-11-2-1-3-14(10-11)20(22)23/h1-10H/b9-4+. The molecule has 2 aromatic carbocycles. The van der Waals surface area contributed by atoms with Gasteiger partial charge in [0.25, 0.3) is 5.69 Å². The van der Waals surface area contributed by atoms with Crippen LogP contribution in [-0.2, 0) is 6.18 Å². The predicted molar refractivity (Wildman–Crippen MR) is 77.9 cm³/mol. The lowest BCUT2D eigenvalue weighted by atomic mass is 10.1. The van der Waals surface area contributed by atoms with Gasteiger partial charge in [-0.25, -0.2) is 0 Å². The number of carbonyl (C=O) groups is 1. The Morgan fingerprint density at radius 1 is 1.09 bits per heavy atom. The van der Waals surface area contributed by atoms with Gasteiger partial charge in [0.2, 0.25) is 0 Å². The van der Waals surface area contributed by atoms with E-state index < -0.39 is 22.4 Å². The number of rotatable bonds is 4. The molecule has 2 aromatic rings. The van der Waals surface area contributed by atoms with Crippen molar-refractivity contribution in [3.05, 3.63) is 81.4 Å². The van der Waals surface area contributed by atoms with E-state index in [0.717, 1.165) is 30.3 Å². The molecule has 0 radical (unpaired) electrons. The van der Waals surface area contributed by atoms with E-state index in [0.29, 0.717) is 5.56 Å². The lowest BCUT2D eigenvalue weighted by Crippen LogP contribution is -2.05. The summed E-state index contributed by atoms with van der Waals surface area (Å²) < 4.78 is 37.3. The molecule has 0 spiro atoms. The molecule has 2 rings (SSSR count). The SMILES string of the molecule is O=C(/C=C/c1cccc([N+](=O)[O-])c1)c1ccc(C(F)(F)F)cc1. The fourth-order valence-electron chi connectivity index (χ4n) is 1.83. The van der Waals surface area contributed by atoms with Crippen LogP contribution in [0.4, 0.5) is 18.9 Å². The van der Waals surface area contributed by atoms with Crippen molar-refractivity contribution in [3.63, 3.8) is 0 Å². The van der Waals surface area contributed by atoms with Gasteiger partial charge >= 0.3 is 6.18 Å². The molecule has 0 saturated heterocycles. The molecule has 0 saturated carbocycles. The van der Waals surface area contributed by atoms with E-state index in [9.17, 15) is 28.1 Å². The Labute approximate surface area is 129 Å². The van der Waals surface area contributed by atoms with E-state index in [1.807, 2.05) is 0 Å². The second kappa shape index (κ2) is 6.43. The number of hydrogen-bond donors (Lipinski definition) is 0. The maximum Gasteiger partial charge on any atom is 0.416 e.